The lowest BCUT2D eigenvalue weighted by Crippen LogP contribution is -2.27. The quantitative estimate of drug-likeness (QED) is 0.745. The molecule has 2 nitrogen and oxygen atoms in total. The first-order valence-corrected chi connectivity index (χ1v) is 4.37. The van der Waals surface area contributed by atoms with E-state index < -0.39 is 17.2 Å². The molecule has 1 aliphatic heterocycles. The van der Waals surface area contributed by atoms with Crippen LogP contribution in [0, 0.1) is 11.6 Å². The Morgan fingerprint density at radius 1 is 1.36 bits per heavy atom. The fraction of sp³-hybridized carbons (Fsp3) is 0.400. The summed E-state index contributed by atoms with van der Waals surface area (Å²) in [6.45, 7) is 0.461. The Morgan fingerprint density at radius 3 is 2.71 bits per heavy atom. The first-order chi connectivity index (χ1) is 6.62. The van der Waals surface area contributed by atoms with Gasteiger partial charge in [-0.2, -0.15) is 0 Å². The average Bonchev–Trinajstić information content (AvgIpc) is 2.52. The lowest BCUT2D eigenvalue weighted by molar-refractivity contribution is 0.0201. The largest absolute Gasteiger partial charge is 0.383 e. The average molecular weight is 200 g/mol. The van der Waals surface area contributed by atoms with Crippen LogP contribution in [0.4, 0.5) is 8.78 Å². The molecule has 0 radical (unpaired) electrons. The van der Waals surface area contributed by atoms with Gasteiger partial charge in [0.25, 0.3) is 0 Å². The molecule has 1 N–H and O–H groups in total. The van der Waals surface area contributed by atoms with Gasteiger partial charge in [0.05, 0.1) is 6.61 Å². The van der Waals surface area contributed by atoms with E-state index in [1.54, 1.807) is 0 Å². The van der Waals surface area contributed by atoms with Gasteiger partial charge in [0.1, 0.15) is 17.2 Å². The summed E-state index contributed by atoms with van der Waals surface area (Å²) in [5.74, 6) is -1.37. The summed E-state index contributed by atoms with van der Waals surface area (Å²) >= 11 is 0. The maximum absolute atomic E-state index is 13.3. The molecule has 1 aromatic carbocycles. The van der Waals surface area contributed by atoms with Crippen LogP contribution in [0.1, 0.15) is 12.0 Å². The van der Waals surface area contributed by atoms with Crippen LogP contribution >= 0.6 is 0 Å². The van der Waals surface area contributed by atoms with Crippen molar-refractivity contribution in [3.63, 3.8) is 0 Å². The maximum atomic E-state index is 13.3. The Hall–Kier alpha value is -1.00. The van der Waals surface area contributed by atoms with Gasteiger partial charge in [-0.15, -0.1) is 0 Å². The normalized spacial score (nSPS) is 26.8. The lowest BCUT2D eigenvalue weighted by atomic mass is 9.93. The Bertz CT molecular complexity index is 346. The molecular weight excluding hydrogens is 190 g/mol. The molecule has 1 fully saturated rings. The third kappa shape index (κ3) is 1.51. The highest BCUT2D eigenvalue weighted by molar-refractivity contribution is 5.25. The van der Waals surface area contributed by atoms with Crippen LogP contribution in [0.25, 0.3) is 0 Å². The van der Waals surface area contributed by atoms with Crippen LogP contribution in [0.5, 0.6) is 0 Å². The van der Waals surface area contributed by atoms with Crippen molar-refractivity contribution in [2.24, 2.45) is 0 Å². The number of halogens is 2. The molecule has 14 heavy (non-hydrogen) atoms. The monoisotopic (exact) mass is 200 g/mol. The summed E-state index contributed by atoms with van der Waals surface area (Å²) in [5, 5.41) is 9.95. The highest BCUT2D eigenvalue weighted by Crippen LogP contribution is 2.31. The summed E-state index contributed by atoms with van der Waals surface area (Å²) in [7, 11) is 0. The van der Waals surface area contributed by atoms with Crippen molar-refractivity contribution in [2.45, 2.75) is 12.0 Å². The number of aliphatic hydroxyl groups is 1. The minimum Gasteiger partial charge on any atom is -0.383 e. The van der Waals surface area contributed by atoms with Crippen LogP contribution in [0.3, 0.4) is 0 Å². The van der Waals surface area contributed by atoms with E-state index in [1.165, 1.54) is 6.07 Å². The molecule has 1 aliphatic rings. The van der Waals surface area contributed by atoms with Crippen molar-refractivity contribution in [2.75, 3.05) is 13.2 Å². The number of rotatable bonds is 1. The van der Waals surface area contributed by atoms with E-state index in [-0.39, 0.29) is 12.2 Å². The second-order valence-electron chi connectivity index (χ2n) is 3.46. The van der Waals surface area contributed by atoms with Gasteiger partial charge in [0, 0.05) is 24.7 Å². The van der Waals surface area contributed by atoms with Crippen LogP contribution in [0.2, 0.25) is 0 Å². The fourth-order valence-electron chi connectivity index (χ4n) is 1.63. The number of hydrogen-bond donors (Lipinski definition) is 1. The highest BCUT2D eigenvalue weighted by atomic mass is 19.1. The molecule has 0 aromatic heterocycles. The van der Waals surface area contributed by atoms with E-state index in [2.05, 4.69) is 0 Å². The van der Waals surface area contributed by atoms with E-state index in [0.717, 1.165) is 12.1 Å². The molecule has 0 bridgehead atoms. The number of ether oxygens (including phenoxy) is 1. The third-order valence-corrected chi connectivity index (χ3v) is 2.43. The Balaban J connectivity index is 2.40. The molecular formula is C10H10F2O2. The summed E-state index contributed by atoms with van der Waals surface area (Å²) in [5.41, 5.74) is -1.19. The summed E-state index contributed by atoms with van der Waals surface area (Å²) < 4.78 is 30.9. The van der Waals surface area contributed by atoms with E-state index in [9.17, 15) is 13.9 Å². The molecule has 0 aliphatic carbocycles. The van der Waals surface area contributed by atoms with Gasteiger partial charge in [-0.25, -0.2) is 8.78 Å². The van der Waals surface area contributed by atoms with E-state index in [4.69, 9.17) is 4.74 Å². The molecule has 1 aromatic rings. The zero-order valence-electron chi connectivity index (χ0n) is 7.46. The molecule has 76 valence electrons. The molecule has 1 atom stereocenters. The van der Waals surface area contributed by atoms with Gasteiger partial charge in [-0.05, 0) is 6.07 Å². The first kappa shape index (κ1) is 9.55. The standard InChI is InChI=1S/C10H10F2O2/c11-7-1-2-8(9(12)5-7)10(13)3-4-14-6-10/h1-2,5,13H,3-4,6H2. The van der Waals surface area contributed by atoms with Gasteiger partial charge in [0.15, 0.2) is 0 Å². The Morgan fingerprint density at radius 2 is 2.14 bits per heavy atom. The third-order valence-electron chi connectivity index (χ3n) is 2.43. The van der Waals surface area contributed by atoms with Gasteiger partial charge < -0.3 is 9.84 Å². The smallest absolute Gasteiger partial charge is 0.132 e. The van der Waals surface area contributed by atoms with Crippen LogP contribution in [-0.2, 0) is 10.3 Å². The maximum Gasteiger partial charge on any atom is 0.132 e. The van der Waals surface area contributed by atoms with Gasteiger partial charge in [-0.3, -0.25) is 0 Å². The van der Waals surface area contributed by atoms with Gasteiger partial charge in [0.2, 0.25) is 0 Å². The number of hydrogen-bond acceptors (Lipinski definition) is 2. The van der Waals surface area contributed by atoms with Crippen molar-refractivity contribution < 1.29 is 18.6 Å². The molecule has 0 amide bonds. The zero-order valence-corrected chi connectivity index (χ0v) is 7.46. The van der Waals surface area contributed by atoms with E-state index in [1.807, 2.05) is 0 Å². The summed E-state index contributed by atoms with van der Waals surface area (Å²) in [6, 6.07) is 3.17. The molecule has 1 heterocycles. The predicted octanol–water partition coefficient (Wildman–Crippen LogP) is 1.57. The van der Waals surface area contributed by atoms with E-state index in [0.29, 0.717) is 13.0 Å². The van der Waals surface area contributed by atoms with Crippen LogP contribution in [0.15, 0.2) is 18.2 Å². The lowest BCUT2D eigenvalue weighted by Gasteiger charge is -2.21. The summed E-state index contributed by atoms with van der Waals surface area (Å²) in [4.78, 5) is 0. The second-order valence-corrected chi connectivity index (χ2v) is 3.46. The zero-order chi connectivity index (χ0) is 10.2. The number of benzene rings is 1. The predicted molar refractivity (Wildman–Crippen MR) is 45.7 cm³/mol. The van der Waals surface area contributed by atoms with Crippen LogP contribution in [-0.4, -0.2) is 18.3 Å². The minimum atomic E-state index is -1.29. The molecule has 2 rings (SSSR count). The van der Waals surface area contributed by atoms with Crippen molar-refractivity contribution in [3.05, 3.63) is 35.4 Å². The molecule has 1 unspecified atom stereocenters. The van der Waals surface area contributed by atoms with Gasteiger partial charge >= 0.3 is 0 Å². The minimum absolute atomic E-state index is 0.0650. The Labute approximate surface area is 80.1 Å². The SMILES string of the molecule is OC1(c2ccc(F)cc2F)CCOC1. The van der Waals surface area contributed by atoms with E-state index >= 15 is 0 Å². The fourth-order valence-corrected chi connectivity index (χ4v) is 1.63. The topological polar surface area (TPSA) is 29.5 Å². The molecule has 0 saturated carbocycles. The highest BCUT2D eigenvalue weighted by Gasteiger charge is 2.36. The van der Waals surface area contributed by atoms with Crippen LogP contribution < -0.4 is 0 Å². The van der Waals surface area contributed by atoms with Crippen molar-refractivity contribution >= 4 is 0 Å². The van der Waals surface area contributed by atoms with Crippen molar-refractivity contribution in [1.29, 1.82) is 0 Å². The molecule has 1 saturated heterocycles. The Kier molecular flexibility index (Phi) is 2.25. The first-order valence-electron chi connectivity index (χ1n) is 4.37. The van der Waals surface area contributed by atoms with Gasteiger partial charge in [-0.1, -0.05) is 6.07 Å². The van der Waals surface area contributed by atoms with Crippen molar-refractivity contribution in [1.82, 2.24) is 0 Å². The molecule has 0 spiro atoms. The molecule has 4 heteroatoms. The second kappa shape index (κ2) is 3.29. The van der Waals surface area contributed by atoms with Crippen molar-refractivity contribution in [3.8, 4) is 0 Å². The summed E-state index contributed by atoms with van der Waals surface area (Å²) in [6.07, 6.45) is 0.343.